The van der Waals surface area contributed by atoms with Gasteiger partial charge in [-0.2, -0.15) is 0 Å². The number of hydrogen-bond donors (Lipinski definition) is 2. The van der Waals surface area contributed by atoms with Crippen LogP contribution < -0.4 is 5.48 Å². The van der Waals surface area contributed by atoms with Crippen molar-refractivity contribution in [1.82, 2.24) is 4.98 Å². The lowest BCUT2D eigenvalue weighted by atomic mass is 10.1. The average molecular weight is 212 g/mol. The molecule has 1 heterocycles. The predicted octanol–water partition coefficient (Wildman–Crippen LogP) is 3.05. The third kappa shape index (κ3) is 2.46. The van der Waals surface area contributed by atoms with E-state index in [2.05, 4.69) is 10.5 Å². The van der Waals surface area contributed by atoms with Crippen molar-refractivity contribution in [2.75, 3.05) is 5.48 Å². The van der Waals surface area contributed by atoms with E-state index >= 15 is 0 Å². The number of nitrogens with zero attached hydrogens (tertiary/aromatic N) is 1. The molecule has 0 atom stereocenters. The normalized spacial score (nSPS) is 10.6. The Hall–Kier alpha value is -2.13. The summed E-state index contributed by atoms with van der Waals surface area (Å²) in [7, 11) is 0. The smallest absolute Gasteiger partial charge is 0.0857 e. The Kier molecular flexibility index (Phi) is 3.31. The first-order valence-electron chi connectivity index (χ1n) is 4.97. The summed E-state index contributed by atoms with van der Waals surface area (Å²) in [4.78, 5) is 3.91. The molecule has 0 bridgehead atoms. The van der Waals surface area contributed by atoms with Crippen LogP contribution in [0.3, 0.4) is 0 Å². The lowest BCUT2D eigenvalue weighted by molar-refractivity contribution is 0.388. The third-order valence-corrected chi connectivity index (χ3v) is 2.23. The summed E-state index contributed by atoms with van der Waals surface area (Å²) >= 11 is 0. The molecule has 2 N–H and O–H groups in total. The summed E-state index contributed by atoms with van der Waals surface area (Å²) in [6.07, 6.45) is 7.17. The number of benzene rings is 1. The van der Waals surface area contributed by atoms with E-state index in [0.29, 0.717) is 5.69 Å². The molecular formula is C13H12N2O. The van der Waals surface area contributed by atoms with Crippen LogP contribution in [0.4, 0.5) is 5.69 Å². The van der Waals surface area contributed by atoms with Gasteiger partial charge in [0, 0.05) is 11.8 Å². The lowest BCUT2D eigenvalue weighted by Gasteiger charge is -2.01. The third-order valence-electron chi connectivity index (χ3n) is 2.23. The maximum absolute atomic E-state index is 8.89. The molecule has 0 spiro atoms. The Morgan fingerprint density at radius 1 is 1.06 bits per heavy atom. The largest absolute Gasteiger partial charge is 0.291 e. The zero-order valence-corrected chi connectivity index (χ0v) is 8.67. The van der Waals surface area contributed by atoms with Gasteiger partial charge in [-0.15, -0.1) is 0 Å². The molecule has 0 aliphatic carbocycles. The van der Waals surface area contributed by atoms with Crippen molar-refractivity contribution in [3.63, 3.8) is 0 Å². The molecule has 0 fully saturated rings. The molecule has 0 aliphatic rings. The minimum Gasteiger partial charge on any atom is -0.291 e. The van der Waals surface area contributed by atoms with Crippen LogP contribution >= 0.6 is 0 Å². The van der Waals surface area contributed by atoms with Gasteiger partial charge in [-0.05, 0) is 11.6 Å². The van der Waals surface area contributed by atoms with Crippen molar-refractivity contribution in [3.8, 4) is 0 Å². The second-order valence-electron chi connectivity index (χ2n) is 3.32. The SMILES string of the molecule is ONc1cnccc1/C=C/c1ccccc1. The van der Waals surface area contributed by atoms with E-state index in [0.717, 1.165) is 11.1 Å². The van der Waals surface area contributed by atoms with Crippen LogP contribution in [0.2, 0.25) is 0 Å². The Morgan fingerprint density at radius 2 is 1.88 bits per heavy atom. The lowest BCUT2D eigenvalue weighted by Crippen LogP contribution is -1.92. The Morgan fingerprint density at radius 3 is 2.62 bits per heavy atom. The molecule has 0 aliphatic heterocycles. The van der Waals surface area contributed by atoms with Crippen molar-refractivity contribution in [1.29, 1.82) is 0 Å². The van der Waals surface area contributed by atoms with Gasteiger partial charge < -0.3 is 0 Å². The van der Waals surface area contributed by atoms with Crippen molar-refractivity contribution in [2.45, 2.75) is 0 Å². The van der Waals surface area contributed by atoms with Crippen LogP contribution in [-0.2, 0) is 0 Å². The fourth-order valence-corrected chi connectivity index (χ4v) is 1.39. The van der Waals surface area contributed by atoms with Gasteiger partial charge in [0.1, 0.15) is 0 Å². The summed E-state index contributed by atoms with van der Waals surface area (Å²) in [6, 6.07) is 11.8. The van der Waals surface area contributed by atoms with E-state index < -0.39 is 0 Å². The van der Waals surface area contributed by atoms with Gasteiger partial charge in [0.2, 0.25) is 0 Å². The molecular weight excluding hydrogens is 200 g/mol. The molecule has 1 aromatic heterocycles. The fourth-order valence-electron chi connectivity index (χ4n) is 1.39. The van der Waals surface area contributed by atoms with Crippen LogP contribution in [0.5, 0.6) is 0 Å². The van der Waals surface area contributed by atoms with Gasteiger partial charge >= 0.3 is 0 Å². The minimum absolute atomic E-state index is 0.592. The second kappa shape index (κ2) is 5.09. The topological polar surface area (TPSA) is 45.1 Å². The first kappa shape index (κ1) is 10.4. The molecule has 3 nitrogen and oxygen atoms in total. The maximum atomic E-state index is 8.89. The number of aromatic nitrogens is 1. The van der Waals surface area contributed by atoms with Gasteiger partial charge in [0.25, 0.3) is 0 Å². The molecule has 0 unspecified atom stereocenters. The highest BCUT2D eigenvalue weighted by atomic mass is 16.5. The molecule has 3 heteroatoms. The van der Waals surface area contributed by atoms with Crippen LogP contribution in [0.15, 0.2) is 48.8 Å². The van der Waals surface area contributed by atoms with Gasteiger partial charge in [-0.1, -0.05) is 42.5 Å². The summed E-state index contributed by atoms with van der Waals surface area (Å²) in [6.45, 7) is 0. The van der Waals surface area contributed by atoms with Crippen molar-refractivity contribution in [3.05, 3.63) is 59.9 Å². The summed E-state index contributed by atoms with van der Waals surface area (Å²) in [5, 5.41) is 8.89. The van der Waals surface area contributed by atoms with Crippen molar-refractivity contribution in [2.24, 2.45) is 0 Å². The molecule has 16 heavy (non-hydrogen) atoms. The average Bonchev–Trinajstić information content (AvgIpc) is 2.38. The summed E-state index contributed by atoms with van der Waals surface area (Å²) < 4.78 is 0. The molecule has 0 saturated carbocycles. The van der Waals surface area contributed by atoms with E-state index in [-0.39, 0.29) is 0 Å². The highest BCUT2D eigenvalue weighted by molar-refractivity contribution is 5.75. The number of hydrogen-bond acceptors (Lipinski definition) is 3. The zero-order chi connectivity index (χ0) is 11.2. The Labute approximate surface area is 94.0 Å². The first-order valence-corrected chi connectivity index (χ1v) is 4.97. The van der Waals surface area contributed by atoms with E-state index in [1.807, 2.05) is 48.6 Å². The van der Waals surface area contributed by atoms with Gasteiger partial charge in [-0.25, -0.2) is 0 Å². The fraction of sp³-hybridized carbons (Fsp3) is 0. The monoisotopic (exact) mass is 212 g/mol. The molecule has 2 aromatic rings. The molecule has 2 rings (SSSR count). The Balaban J connectivity index is 2.24. The highest BCUT2D eigenvalue weighted by Crippen LogP contribution is 2.15. The van der Waals surface area contributed by atoms with Gasteiger partial charge in [0.15, 0.2) is 0 Å². The summed E-state index contributed by atoms with van der Waals surface area (Å²) in [5.41, 5.74) is 4.71. The summed E-state index contributed by atoms with van der Waals surface area (Å²) in [5.74, 6) is 0. The highest BCUT2D eigenvalue weighted by Gasteiger charge is 1.95. The van der Waals surface area contributed by atoms with Crippen LogP contribution in [0, 0.1) is 0 Å². The van der Waals surface area contributed by atoms with Crippen LogP contribution in [0.1, 0.15) is 11.1 Å². The molecule has 0 saturated heterocycles. The van der Waals surface area contributed by atoms with E-state index in [1.165, 1.54) is 0 Å². The van der Waals surface area contributed by atoms with E-state index in [9.17, 15) is 0 Å². The Bertz CT molecular complexity index is 480. The quantitative estimate of drug-likeness (QED) is 0.768. The standard InChI is InChI=1S/C13H12N2O/c16-15-13-10-14-9-8-12(13)7-6-11-4-2-1-3-5-11/h1-10,15-16H/b7-6+. The van der Waals surface area contributed by atoms with Gasteiger partial charge in [-0.3, -0.25) is 15.7 Å². The minimum atomic E-state index is 0.592. The second-order valence-corrected chi connectivity index (χ2v) is 3.32. The number of pyridine rings is 1. The number of anilines is 1. The van der Waals surface area contributed by atoms with Crippen molar-refractivity contribution < 1.29 is 5.21 Å². The zero-order valence-electron chi connectivity index (χ0n) is 8.67. The first-order chi connectivity index (χ1) is 7.90. The molecule has 1 aromatic carbocycles. The number of rotatable bonds is 3. The van der Waals surface area contributed by atoms with E-state index in [1.54, 1.807) is 12.4 Å². The maximum Gasteiger partial charge on any atom is 0.0857 e. The molecule has 0 amide bonds. The van der Waals surface area contributed by atoms with E-state index in [4.69, 9.17) is 5.21 Å². The molecule has 0 radical (unpaired) electrons. The van der Waals surface area contributed by atoms with Crippen LogP contribution in [0.25, 0.3) is 12.2 Å². The van der Waals surface area contributed by atoms with Crippen LogP contribution in [-0.4, -0.2) is 10.2 Å². The van der Waals surface area contributed by atoms with Crippen molar-refractivity contribution >= 4 is 17.8 Å². The predicted molar refractivity (Wildman–Crippen MR) is 65.0 cm³/mol. The number of nitrogens with one attached hydrogen (secondary N) is 1. The van der Waals surface area contributed by atoms with Gasteiger partial charge in [0.05, 0.1) is 11.9 Å². The molecule has 80 valence electrons.